The van der Waals surface area contributed by atoms with E-state index in [9.17, 15) is 14.3 Å². The van der Waals surface area contributed by atoms with Gasteiger partial charge in [0.2, 0.25) is 0 Å². The summed E-state index contributed by atoms with van der Waals surface area (Å²) in [5.74, 6) is 0.113. The Labute approximate surface area is 212 Å². The van der Waals surface area contributed by atoms with Crippen LogP contribution in [-0.4, -0.2) is 57.8 Å². The molecule has 3 aromatic heterocycles. The minimum atomic E-state index is -0.771. The van der Waals surface area contributed by atoms with Crippen molar-refractivity contribution in [2.24, 2.45) is 0 Å². The molecule has 6 rings (SSSR count). The zero-order valence-electron chi connectivity index (χ0n) is 20.4. The molecule has 0 atom stereocenters. The first kappa shape index (κ1) is 23.4. The van der Waals surface area contributed by atoms with Crippen LogP contribution in [0.3, 0.4) is 0 Å². The van der Waals surface area contributed by atoms with Crippen molar-refractivity contribution in [3.63, 3.8) is 0 Å². The van der Waals surface area contributed by atoms with Crippen molar-refractivity contribution in [2.75, 3.05) is 37.0 Å². The van der Waals surface area contributed by atoms with Gasteiger partial charge in [-0.05, 0) is 42.7 Å². The van der Waals surface area contributed by atoms with Gasteiger partial charge in [-0.15, -0.1) is 0 Å². The van der Waals surface area contributed by atoms with E-state index in [2.05, 4.69) is 25.5 Å². The van der Waals surface area contributed by atoms with Gasteiger partial charge in [0.1, 0.15) is 17.3 Å². The molecular weight excluding hydrogens is 475 g/mol. The normalized spacial score (nSPS) is 16.6. The maximum Gasteiger partial charge on any atom is 0.254 e. The van der Waals surface area contributed by atoms with Crippen molar-refractivity contribution in [3.05, 3.63) is 71.9 Å². The molecular formula is C27H27FN6O3. The van der Waals surface area contributed by atoms with Gasteiger partial charge in [-0.3, -0.25) is 9.20 Å². The maximum absolute atomic E-state index is 13.6. The number of pyridine rings is 2. The van der Waals surface area contributed by atoms with Crippen LogP contribution in [0.1, 0.15) is 28.8 Å². The zero-order valence-corrected chi connectivity index (χ0v) is 20.4. The van der Waals surface area contributed by atoms with Gasteiger partial charge in [-0.25, -0.2) is 14.4 Å². The molecule has 3 N–H and O–H groups in total. The van der Waals surface area contributed by atoms with Gasteiger partial charge >= 0.3 is 0 Å². The summed E-state index contributed by atoms with van der Waals surface area (Å²) in [6, 6.07) is 10.4. The van der Waals surface area contributed by atoms with Crippen LogP contribution in [0.25, 0.3) is 16.9 Å². The van der Waals surface area contributed by atoms with E-state index in [0.29, 0.717) is 48.7 Å². The van der Waals surface area contributed by atoms with Crippen LogP contribution < -0.4 is 15.5 Å². The number of carbonyl (C=O) groups is 1. The highest BCUT2D eigenvalue weighted by atomic mass is 19.1. The highest BCUT2D eigenvalue weighted by molar-refractivity contribution is 6.06. The number of hydrogen-bond acceptors (Lipinski definition) is 7. The molecule has 1 saturated heterocycles. The number of aromatic nitrogens is 3. The molecule has 0 radical (unpaired) electrons. The third-order valence-electron chi connectivity index (χ3n) is 7.20. The second kappa shape index (κ2) is 9.13. The van der Waals surface area contributed by atoms with Crippen LogP contribution in [0.4, 0.5) is 21.6 Å². The van der Waals surface area contributed by atoms with Crippen LogP contribution >= 0.6 is 0 Å². The van der Waals surface area contributed by atoms with Crippen molar-refractivity contribution < 1.29 is 19.0 Å². The molecule has 0 unspecified atom stereocenters. The van der Waals surface area contributed by atoms with Crippen LogP contribution in [0.5, 0.6) is 0 Å². The number of methoxy groups -OCH3 is 1. The Kier molecular flexibility index (Phi) is 5.77. The second-order valence-corrected chi connectivity index (χ2v) is 9.58. The molecule has 0 spiro atoms. The van der Waals surface area contributed by atoms with E-state index in [1.807, 2.05) is 28.7 Å². The standard InChI is InChI=1S/C27H27FN6O3/c1-37-16-27(36)7-10-33(11-8-27)18-2-5-23(29-13-18)32-21-4-3-19(20-14-31-26(35)25(20)21)22-15-30-24-12-17(28)6-9-34(22)24/h2-6,9,12-13,15,36H,7-8,10-11,14,16H2,1H3,(H,29,32)(H,31,35). The number of imidazole rings is 1. The van der Waals surface area contributed by atoms with Crippen molar-refractivity contribution in [2.45, 2.75) is 25.0 Å². The van der Waals surface area contributed by atoms with Crippen molar-refractivity contribution in [1.82, 2.24) is 19.7 Å². The maximum atomic E-state index is 13.6. The number of benzene rings is 1. The fraction of sp³-hybridized carbons (Fsp3) is 0.296. The first-order chi connectivity index (χ1) is 17.9. The van der Waals surface area contributed by atoms with Crippen LogP contribution in [0.2, 0.25) is 0 Å². The summed E-state index contributed by atoms with van der Waals surface area (Å²) in [4.78, 5) is 23.9. The number of amides is 1. The van der Waals surface area contributed by atoms with E-state index in [4.69, 9.17) is 4.74 Å². The van der Waals surface area contributed by atoms with Crippen LogP contribution in [-0.2, 0) is 11.3 Å². The quantitative estimate of drug-likeness (QED) is 0.371. The van der Waals surface area contributed by atoms with Gasteiger partial charge in [0.05, 0.1) is 47.2 Å². The molecule has 5 heterocycles. The lowest BCUT2D eigenvalue weighted by Crippen LogP contribution is -2.47. The van der Waals surface area contributed by atoms with Crippen LogP contribution in [0.15, 0.2) is 55.0 Å². The number of rotatable bonds is 6. The van der Waals surface area contributed by atoms with Gasteiger partial charge < -0.3 is 25.4 Å². The highest BCUT2D eigenvalue weighted by Gasteiger charge is 2.32. The average molecular weight is 503 g/mol. The molecule has 10 heteroatoms. The number of aliphatic hydroxyl groups is 1. The molecule has 0 bridgehead atoms. The lowest BCUT2D eigenvalue weighted by Gasteiger charge is -2.38. The molecule has 0 aliphatic carbocycles. The molecule has 1 fully saturated rings. The topological polar surface area (TPSA) is 104 Å². The van der Waals surface area contributed by atoms with E-state index < -0.39 is 5.60 Å². The van der Waals surface area contributed by atoms with Crippen LogP contribution in [0, 0.1) is 5.82 Å². The molecule has 2 aliphatic heterocycles. The summed E-state index contributed by atoms with van der Waals surface area (Å²) in [6.07, 6.45) is 6.40. The molecule has 1 amide bonds. The fourth-order valence-corrected chi connectivity index (χ4v) is 5.23. The van der Waals surface area contributed by atoms with E-state index in [1.165, 1.54) is 12.1 Å². The Bertz CT molecular complexity index is 1480. The number of halogens is 1. The Morgan fingerprint density at radius 1 is 1.16 bits per heavy atom. The van der Waals surface area contributed by atoms with Gasteiger partial charge in [0.25, 0.3) is 5.91 Å². The summed E-state index contributed by atoms with van der Waals surface area (Å²) in [6.45, 7) is 2.18. The Morgan fingerprint density at radius 3 is 2.76 bits per heavy atom. The summed E-state index contributed by atoms with van der Waals surface area (Å²) in [5.41, 5.74) is 4.44. The largest absolute Gasteiger partial charge is 0.387 e. The van der Waals surface area contributed by atoms with Crippen molar-refractivity contribution >= 4 is 28.7 Å². The molecule has 9 nitrogen and oxygen atoms in total. The third kappa shape index (κ3) is 4.28. The predicted molar refractivity (Wildman–Crippen MR) is 138 cm³/mol. The first-order valence-corrected chi connectivity index (χ1v) is 12.2. The molecule has 4 aromatic rings. The van der Waals surface area contributed by atoms with E-state index >= 15 is 0 Å². The van der Waals surface area contributed by atoms with E-state index in [0.717, 1.165) is 35.6 Å². The van der Waals surface area contributed by atoms with Crippen molar-refractivity contribution in [3.8, 4) is 11.3 Å². The number of hydrogen-bond donors (Lipinski definition) is 3. The van der Waals surface area contributed by atoms with E-state index in [1.54, 1.807) is 25.7 Å². The second-order valence-electron chi connectivity index (χ2n) is 9.58. The Morgan fingerprint density at radius 2 is 2.00 bits per heavy atom. The lowest BCUT2D eigenvalue weighted by atomic mass is 9.92. The Balaban J connectivity index is 1.24. The molecule has 0 saturated carbocycles. The minimum absolute atomic E-state index is 0.160. The minimum Gasteiger partial charge on any atom is -0.387 e. The Hall–Kier alpha value is -4.02. The first-order valence-electron chi connectivity index (χ1n) is 12.2. The number of anilines is 3. The molecule has 1 aromatic carbocycles. The van der Waals surface area contributed by atoms with Gasteiger partial charge in [-0.2, -0.15) is 0 Å². The number of nitrogens with zero attached hydrogens (tertiary/aromatic N) is 4. The SMILES string of the molecule is COCC1(O)CCN(c2ccc(Nc3ccc(-c4cnc5cc(F)ccn45)c4c3C(=O)NC4)nc2)CC1. The fourth-order valence-electron chi connectivity index (χ4n) is 5.23. The lowest BCUT2D eigenvalue weighted by molar-refractivity contribution is -0.0471. The number of fused-ring (bicyclic) bond motifs is 2. The summed E-state index contributed by atoms with van der Waals surface area (Å²) < 4.78 is 20.6. The average Bonchev–Trinajstić information content (AvgIpc) is 3.49. The molecule has 37 heavy (non-hydrogen) atoms. The number of nitrogens with one attached hydrogen (secondary N) is 2. The monoisotopic (exact) mass is 502 g/mol. The van der Waals surface area contributed by atoms with Crippen molar-refractivity contribution in [1.29, 1.82) is 0 Å². The molecule has 2 aliphatic rings. The molecule has 190 valence electrons. The summed E-state index contributed by atoms with van der Waals surface area (Å²) in [7, 11) is 1.61. The highest BCUT2D eigenvalue weighted by Crippen LogP contribution is 2.35. The summed E-state index contributed by atoms with van der Waals surface area (Å²) in [5, 5.41) is 16.8. The van der Waals surface area contributed by atoms with E-state index in [-0.39, 0.29) is 11.7 Å². The third-order valence-corrected chi connectivity index (χ3v) is 7.20. The van der Waals surface area contributed by atoms with Gasteiger partial charge in [0, 0.05) is 44.6 Å². The predicted octanol–water partition coefficient (Wildman–Crippen LogP) is 3.50. The smallest absolute Gasteiger partial charge is 0.254 e. The summed E-state index contributed by atoms with van der Waals surface area (Å²) >= 11 is 0. The number of carbonyl (C=O) groups excluding carboxylic acids is 1. The number of piperidine rings is 1. The zero-order chi connectivity index (χ0) is 25.6. The van der Waals surface area contributed by atoms with Gasteiger partial charge in [0.15, 0.2) is 0 Å². The number of ether oxygens (including phenoxy) is 1. The van der Waals surface area contributed by atoms with Gasteiger partial charge in [-0.1, -0.05) is 6.07 Å².